The van der Waals surface area contributed by atoms with E-state index >= 15 is 0 Å². The van der Waals surface area contributed by atoms with E-state index in [2.05, 4.69) is 20.3 Å². The zero-order valence-corrected chi connectivity index (χ0v) is 17.2. The van der Waals surface area contributed by atoms with Gasteiger partial charge in [-0.2, -0.15) is 0 Å². The van der Waals surface area contributed by atoms with Crippen LogP contribution in [0.3, 0.4) is 0 Å². The highest BCUT2D eigenvalue weighted by Gasteiger charge is 2.21. The fourth-order valence-corrected chi connectivity index (χ4v) is 4.35. The Kier molecular flexibility index (Phi) is 5.64. The van der Waals surface area contributed by atoms with Crippen LogP contribution in [0.1, 0.15) is 5.56 Å². The van der Waals surface area contributed by atoms with Crippen LogP contribution >= 0.6 is 11.3 Å². The summed E-state index contributed by atoms with van der Waals surface area (Å²) in [5.41, 5.74) is 9.20. The number of carbonyl (C=O) groups is 1. The maximum Gasteiger partial charge on any atom is 0.412 e. The van der Waals surface area contributed by atoms with E-state index in [0.29, 0.717) is 17.4 Å². The Labute approximate surface area is 177 Å². The number of hydrogen-bond donors (Lipinski definition) is 4. The van der Waals surface area contributed by atoms with E-state index < -0.39 is 6.09 Å². The molecule has 9 heteroatoms. The van der Waals surface area contributed by atoms with Gasteiger partial charge < -0.3 is 21.1 Å². The lowest BCUT2D eigenvalue weighted by Crippen LogP contribution is -2.41. The first kappa shape index (κ1) is 19.9. The number of aromatic nitrogens is 3. The second-order valence-electron chi connectivity index (χ2n) is 6.87. The molecule has 3 aromatic heterocycles. The van der Waals surface area contributed by atoms with Gasteiger partial charge in [-0.05, 0) is 36.2 Å². The van der Waals surface area contributed by atoms with E-state index in [1.165, 1.54) is 16.2 Å². The van der Waals surface area contributed by atoms with Gasteiger partial charge in [0.2, 0.25) is 5.95 Å². The Balaban J connectivity index is 1.51. The number of aromatic amines is 1. The molecule has 1 atom stereocenters. The molecular weight excluding hydrogens is 400 g/mol. The van der Waals surface area contributed by atoms with E-state index in [1.807, 2.05) is 36.5 Å². The normalized spacial score (nSPS) is 12.1. The molecule has 3 heterocycles. The first-order valence-corrected chi connectivity index (χ1v) is 10.3. The molecule has 0 fully saturated rings. The van der Waals surface area contributed by atoms with Crippen molar-refractivity contribution in [2.24, 2.45) is 5.73 Å². The molecule has 4 aromatic rings. The molecule has 0 aliphatic rings. The van der Waals surface area contributed by atoms with Crippen molar-refractivity contribution in [1.82, 2.24) is 15.0 Å². The molecule has 4 rings (SSSR count). The van der Waals surface area contributed by atoms with Crippen LogP contribution in [-0.4, -0.2) is 45.8 Å². The van der Waals surface area contributed by atoms with Gasteiger partial charge in [-0.3, -0.25) is 4.90 Å². The third kappa shape index (κ3) is 4.12. The monoisotopic (exact) mass is 422 g/mol. The quantitative estimate of drug-likeness (QED) is 0.360. The number of nitrogens with zero attached hydrogens (tertiary/aromatic N) is 3. The average Bonchev–Trinajstić information content (AvgIpc) is 3.40. The molecular formula is C21H22N6O2S. The van der Waals surface area contributed by atoms with Crippen LogP contribution in [0.25, 0.3) is 21.5 Å². The Morgan fingerprint density at radius 2 is 2.13 bits per heavy atom. The average molecular weight is 423 g/mol. The minimum absolute atomic E-state index is 0.195. The molecule has 8 nitrogen and oxygen atoms in total. The van der Waals surface area contributed by atoms with Crippen molar-refractivity contribution >= 4 is 39.3 Å². The number of fused-ring (bicyclic) bond motifs is 1. The van der Waals surface area contributed by atoms with Crippen LogP contribution in [0.15, 0.2) is 54.9 Å². The number of amides is 1. The highest BCUT2D eigenvalue weighted by Crippen LogP contribution is 2.33. The maximum absolute atomic E-state index is 11.9. The molecule has 30 heavy (non-hydrogen) atoms. The second-order valence-corrected chi connectivity index (χ2v) is 7.93. The minimum atomic E-state index is -1.03. The predicted octanol–water partition coefficient (Wildman–Crippen LogP) is 3.78. The molecule has 0 aliphatic heterocycles. The zero-order chi connectivity index (χ0) is 21.1. The molecule has 1 aromatic carbocycles. The van der Waals surface area contributed by atoms with Crippen molar-refractivity contribution in [2.45, 2.75) is 12.5 Å². The highest BCUT2D eigenvalue weighted by molar-refractivity contribution is 7.19. The molecule has 1 amide bonds. The Morgan fingerprint density at radius 1 is 1.30 bits per heavy atom. The summed E-state index contributed by atoms with van der Waals surface area (Å²) in [6.07, 6.45) is 3.15. The summed E-state index contributed by atoms with van der Waals surface area (Å²) in [6, 6.07) is 13.1. The number of thiophene rings is 1. The van der Waals surface area contributed by atoms with Gasteiger partial charge >= 0.3 is 6.09 Å². The number of rotatable bonds is 7. The van der Waals surface area contributed by atoms with Crippen molar-refractivity contribution in [3.63, 3.8) is 0 Å². The first-order chi connectivity index (χ1) is 14.5. The molecule has 5 N–H and O–H groups in total. The van der Waals surface area contributed by atoms with Gasteiger partial charge in [0.25, 0.3) is 0 Å². The molecule has 0 spiro atoms. The predicted molar refractivity (Wildman–Crippen MR) is 120 cm³/mol. The van der Waals surface area contributed by atoms with Gasteiger partial charge in [-0.1, -0.05) is 18.2 Å². The SMILES string of the molecule is CNc1nccc(-c2ccc(N(C[C@@H](N)Cc3c[nH]c4ccccc34)C(=O)O)s2)n1. The molecule has 154 valence electrons. The van der Waals surface area contributed by atoms with E-state index in [1.54, 1.807) is 25.4 Å². The van der Waals surface area contributed by atoms with Crippen molar-refractivity contribution in [3.8, 4) is 10.6 Å². The fourth-order valence-electron chi connectivity index (χ4n) is 3.37. The van der Waals surface area contributed by atoms with E-state index in [9.17, 15) is 9.90 Å². The van der Waals surface area contributed by atoms with Crippen LogP contribution in [0.4, 0.5) is 15.7 Å². The Hall–Kier alpha value is -3.43. The standard InChI is InChI=1S/C21H22N6O2S/c1-23-20-24-9-8-17(26-20)18-6-7-19(30-18)27(21(28)29)12-14(22)10-13-11-25-16-5-3-2-4-15(13)16/h2-9,11,14,25H,10,12,22H2,1H3,(H,28,29)(H,23,24,26)/t14-/m0/s1. The maximum atomic E-state index is 11.9. The molecule has 0 aliphatic carbocycles. The van der Waals surface area contributed by atoms with Crippen molar-refractivity contribution in [1.29, 1.82) is 0 Å². The highest BCUT2D eigenvalue weighted by atomic mass is 32.1. The van der Waals surface area contributed by atoms with E-state index in [-0.39, 0.29) is 12.6 Å². The smallest absolute Gasteiger partial charge is 0.412 e. The number of hydrogen-bond acceptors (Lipinski definition) is 6. The van der Waals surface area contributed by atoms with E-state index in [0.717, 1.165) is 27.0 Å². The van der Waals surface area contributed by atoms with Gasteiger partial charge in [0.05, 0.1) is 10.6 Å². The summed E-state index contributed by atoms with van der Waals surface area (Å²) in [6.45, 7) is 0.195. The molecule has 0 bridgehead atoms. The zero-order valence-electron chi connectivity index (χ0n) is 16.4. The summed E-state index contributed by atoms with van der Waals surface area (Å²) in [5, 5.41) is 14.4. The van der Waals surface area contributed by atoms with Gasteiger partial charge in [0.1, 0.15) is 5.00 Å². The number of benzene rings is 1. The third-order valence-electron chi connectivity index (χ3n) is 4.79. The fraction of sp³-hybridized carbons (Fsp3) is 0.190. The number of anilines is 2. The number of H-pyrrole nitrogens is 1. The summed E-state index contributed by atoms with van der Waals surface area (Å²) in [7, 11) is 1.75. The number of nitrogens with one attached hydrogen (secondary N) is 2. The molecule has 0 radical (unpaired) electrons. The van der Waals surface area contributed by atoms with Crippen LogP contribution in [0.5, 0.6) is 0 Å². The topological polar surface area (TPSA) is 120 Å². The van der Waals surface area contributed by atoms with Crippen molar-refractivity contribution < 1.29 is 9.90 Å². The number of carboxylic acid groups (broad SMARTS) is 1. The summed E-state index contributed by atoms with van der Waals surface area (Å²) < 4.78 is 0. The molecule has 0 saturated heterocycles. The van der Waals surface area contributed by atoms with Crippen LogP contribution < -0.4 is 16.0 Å². The lowest BCUT2D eigenvalue weighted by Gasteiger charge is -2.21. The summed E-state index contributed by atoms with van der Waals surface area (Å²) in [5.74, 6) is 0.512. The summed E-state index contributed by atoms with van der Waals surface area (Å²) >= 11 is 1.36. The lowest BCUT2D eigenvalue weighted by molar-refractivity contribution is 0.201. The summed E-state index contributed by atoms with van der Waals surface area (Å²) in [4.78, 5) is 25.8. The van der Waals surface area contributed by atoms with Crippen LogP contribution in [0.2, 0.25) is 0 Å². The third-order valence-corrected chi connectivity index (χ3v) is 5.93. The van der Waals surface area contributed by atoms with Gasteiger partial charge in [0.15, 0.2) is 0 Å². The van der Waals surface area contributed by atoms with Crippen LogP contribution in [0, 0.1) is 0 Å². The molecule has 0 unspecified atom stereocenters. The van der Waals surface area contributed by atoms with Gasteiger partial charge in [0, 0.05) is 42.9 Å². The largest absolute Gasteiger partial charge is 0.465 e. The van der Waals surface area contributed by atoms with Crippen molar-refractivity contribution in [2.75, 3.05) is 23.8 Å². The van der Waals surface area contributed by atoms with Gasteiger partial charge in [-0.15, -0.1) is 11.3 Å². The van der Waals surface area contributed by atoms with E-state index in [4.69, 9.17) is 5.73 Å². The van der Waals surface area contributed by atoms with Gasteiger partial charge in [-0.25, -0.2) is 14.8 Å². The second kappa shape index (κ2) is 8.52. The number of para-hydroxylation sites is 1. The lowest BCUT2D eigenvalue weighted by atomic mass is 10.1. The molecule has 0 saturated carbocycles. The van der Waals surface area contributed by atoms with Crippen molar-refractivity contribution in [3.05, 3.63) is 60.4 Å². The first-order valence-electron chi connectivity index (χ1n) is 9.47. The van der Waals surface area contributed by atoms with Crippen LogP contribution in [-0.2, 0) is 6.42 Å². The minimum Gasteiger partial charge on any atom is -0.465 e. The Morgan fingerprint density at radius 3 is 2.93 bits per heavy atom. The Bertz CT molecular complexity index is 1170. The number of nitrogens with two attached hydrogens (primary N) is 1.